The number of carbonyl (C=O) groups excluding carboxylic acids is 1. The van der Waals surface area contributed by atoms with Crippen molar-refractivity contribution in [3.8, 4) is 11.4 Å². The van der Waals surface area contributed by atoms with Crippen LogP contribution in [0.4, 0.5) is 4.39 Å². The Hall–Kier alpha value is -2.37. The number of nitrogens with two attached hydrogens (primary N) is 1. The van der Waals surface area contributed by atoms with Crippen LogP contribution in [-0.4, -0.2) is 21.8 Å². The highest BCUT2D eigenvalue weighted by Crippen LogP contribution is 2.20. The Morgan fingerprint density at radius 1 is 1.37 bits per heavy atom. The first kappa shape index (κ1) is 13.1. The van der Waals surface area contributed by atoms with Crippen molar-refractivity contribution in [2.24, 2.45) is 5.73 Å². The van der Waals surface area contributed by atoms with Gasteiger partial charge in [0.05, 0.1) is 18.0 Å². The van der Waals surface area contributed by atoms with Gasteiger partial charge >= 0.3 is 0 Å². The molecule has 5 nitrogen and oxygen atoms in total. The quantitative estimate of drug-likeness (QED) is 0.915. The predicted octanol–water partition coefficient (Wildman–Crippen LogP) is 1.90. The molecule has 1 heterocycles. The Morgan fingerprint density at radius 3 is 2.53 bits per heavy atom. The maximum Gasteiger partial charge on any atom is 0.273 e. The molecule has 6 heteroatoms. The van der Waals surface area contributed by atoms with Gasteiger partial charge in [-0.05, 0) is 38.1 Å². The van der Waals surface area contributed by atoms with E-state index in [2.05, 4.69) is 5.10 Å². The Labute approximate surface area is 109 Å². The van der Waals surface area contributed by atoms with Gasteiger partial charge in [-0.3, -0.25) is 4.79 Å². The van der Waals surface area contributed by atoms with E-state index in [1.54, 1.807) is 18.3 Å². The highest BCUT2D eigenvalue weighted by Gasteiger charge is 2.17. The minimum Gasteiger partial charge on any atom is -0.487 e. The molecule has 0 aliphatic rings. The third-order valence-corrected chi connectivity index (χ3v) is 2.37. The van der Waals surface area contributed by atoms with E-state index in [1.165, 1.54) is 16.8 Å². The summed E-state index contributed by atoms with van der Waals surface area (Å²) in [5.41, 5.74) is 5.92. The lowest BCUT2D eigenvalue weighted by Crippen LogP contribution is -2.15. The first-order chi connectivity index (χ1) is 8.97. The van der Waals surface area contributed by atoms with Gasteiger partial charge in [0.25, 0.3) is 5.91 Å². The highest BCUT2D eigenvalue weighted by atomic mass is 19.1. The molecular weight excluding hydrogens is 249 g/mol. The van der Waals surface area contributed by atoms with Gasteiger partial charge in [-0.1, -0.05) is 0 Å². The highest BCUT2D eigenvalue weighted by molar-refractivity contribution is 5.93. The summed E-state index contributed by atoms with van der Waals surface area (Å²) < 4.78 is 19.8. The standard InChI is InChI=1S/C13H14FN3O2/c1-8(2)19-11-7-17(16-12(11)13(15)18)10-5-3-9(14)4-6-10/h3-8H,1-2H3,(H2,15,18). The number of amides is 1. The molecule has 0 spiro atoms. The monoisotopic (exact) mass is 263 g/mol. The van der Waals surface area contributed by atoms with E-state index in [1.807, 2.05) is 13.8 Å². The molecule has 2 rings (SSSR count). The molecule has 0 aliphatic carbocycles. The van der Waals surface area contributed by atoms with Crippen LogP contribution in [0.25, 0.3) is 5.69 Å². The van der Waals surface area contributed by atoms with Gasteiger partial charge in [0.15, 0.2) is 11.4 Å². The molecule has 0 radical (unpaired) electrons. The number of nitrogens with zero attached hydrogens (tertiary/aromatic N) is 2. The van der Waals surface area contributed by atoms with Crippen LogP contribution in [0.1, 0.15) is 24.3 Å². The fraction of sp³-hybridized carbons (Fsp3) is 0.231. The Balaban J connectivity index is 2.42. The lowest BCUT2D eigenvalue weighted by molar-refractivity contribution is 0.0989. The zero-order chi connectivity index (χ0) is 14.0. The minimum absolute atomic E-state index is 0.0537. The summed E-state index contributed by atoms with van der Waals surface area (Å²) >= 11 is 0. The lowest BCUT2D eigenvalue weighted by Gasteiger charge is -2.07. The van der Waals surface area contributed by atoms with Gasteiger partial charge in [0.1, 0.15) is 5.82 Å². The number of aromatic nitrogens is 2. The van der Waals surface area contributed by atoms with Crippen molar-refractivity contribution in [2.75, 3.05) is 0 Å². The third-order valence-electron chi connectivity index (χ3n) is 2.37. The second kappa shape index (κ2) is 5.09. The number of rotatable bonds is 4. The summed E-state index contributed by atoms with van der Waals surface area (Å²) in [6.45, 7) is 3.67. The van der Waals surface area contributed by atoms with Gasteiger partial charge in [-0.25, -0.2) is 9.07 Å². The number of benzene rings is 1. The van der Waals surface area contributed by atoms with Gasteiger partial charge in [0.2, 0.25) is 0 Å². The fourth-order valence-electron chi connectivity index (χ4n) is 1.60. The Kier molecular flexibility index (Phi) is 3.50. The first-order valence-electron chi connectivity index (χ1n) is 5.79. The molecule has 2 aromatic rings. The Morgan fingerprint density at radius 2 is 2.00 bits per heavy atom. The van der Waals surface area contributed by atoms with Crippen molar-refractivity contribution in [3.05, 3.63) is 42.0 Å². The predicted molar refractivity (Wildman–Crippen MR) is 67.8 cm³/mol. The zero-order valence-corrected chi connectivity index (χ0v) is 10.6. The summed E-state index contributed by atoms with van der Waals surface area (Å²) in [5.74, 6) is -0.701. The van der Waals surface area contributed by atoms with E-state index < -0.39 is 5.91 Å². The van der Waals surface area contributed by atoms with Crippen LogP contribution in [0.15, 0.2) is 30.5 Å². The SMILES string of the molecule is CC(C)Oc1cn(-c2ccc(F)cc2)nc1C(N)=O. The van der Waals surface area contributed by atoms with Crippen LogP contribution < -0.4 is 10.5 Å². The molecule has 2 N–H and O–H groups in total. The van der Waals surface area contributed by atoms with Crippen LogP contribution >= 0.6 is 0 Å². The number of primary amides is 1. The van der Waals surface area contributed by atoms with Crippen molar-refractivity contribution in [1.29, 1.82) is 0 Å². The molecule has 1 aromatic carbocycles. The molecule has 1 aromatic heterocycles. The van der Waals surface area contributed by atoms with Crippen molar-refractivity contribution >= 4 is 5.91 Å². The number of ether oxygens (including phenoxy) is 1. The first-order valence-corrected chi connectivity index (χ1v) is 5.79. The molecule has 1 amide bonds. The van der Waals surface area contributed by atoms with E-state index in [-0.39, 0.29) is 17.6 Å². The van der Waals surface area contributed by atoms with Gasteiger partial charge in [-0.15, -0.1) is 0 Å². The molecule has 0 atom stereocenters. The average molecular weight is 263 g/mol. The van der Waals surface area contributed by atoms with Crippen molar-refractivity contribution in [3.63, 3.8) is 0 Å². The summed E-state index contributed by atoms with van der Waals surface area (Å²) in [4.78, 5) is 11.3. The van der Waals surface area contributed by atoms with Crippen LogP contribution in [0.5, 0.6) is 5.75 Å². The van der Waals surface area contributed by atoms with Crippen molar-refractivity contribution < 1.29 is 13.9 Å². The molecule has 0 bridgehead atoms. The summed E-state index contributed by atoms with van der Waals surface area (Å²) in [6, 6.07) is 5.71. The van der Waals surface area contributed by atoms with Crippen LogP contribution in [0.2, 0.25) is 0 Å². The minimum atomic E-state index is -0.670. The average Bonchev–Trinajstić information content (AvgIpc) is 2.73. The van der Waals surface area contributed by atoms with E-state index in [4.69, 9.17) is 10.5 Å². The maximum absolute atomic E-state index is 12.9. The van der Waals surface area contributed by atoms with E-state index in [0.29, 0.717) is 11.4 Å². The van der Waals surface area contributed by atoms with Crippen molar-refractivity contribution in [1.82, 2.24) is 9.78 Å². The summed E-state index contributed by atoms with van der Waals surface area (Å²) in [6.07, 6.45) is 1.44. The fourth-order valence-corrected chi connectivity index (χ4v) is 1.60. The van der Waals surface area contributed by atoms with Crippen LogP contribution in [-0.2, 0) is 0 Å². The molecular formula is C13H14FN3O2. The topological polar surface area (TPSA) is 70.1 Å². The molecule has 0 saturated heterocycles. The maximum atomic E-state index is 12.9. The van der Waals surface area contributed by atoms with E-state index in [0.717, 1.165) is 0 Å². The molecule has 0 aliphatic heterocycles. The van der Waals surface area contributed by atoms with Gasteiger partial charge in [-0.2, -0.15) is 5.10 Å². The normalized spacial score (nSPS) is 10.7. The Bertz CT molecular complexity index is 590. The number of halogens is 1. The number of hydrogen-bond acceptors (Lipinski definition) is 3. The second-order valence-corrected chi connectivity index (χ2v) is 4.29. The van der Waals surface area contributed by atoms with Gasteiger partial charge in [0, 0.05) is 0 Å². The third kappa shape index (κ3) is 2.90. The van der Waals surface area contributed by atoms with Crippen LogP contribution in [0.3, 0.4) is 0 Å². The zero-order valence-electron chi connectivity index (χ0n) is 10.6. The summed E-state index contributed by atoms with van der Waals surface area (Å²) in [5, 5.41) is 4.06. The molecule has 100 valence electrons. The lowest BCUT2D eigenvalue weighted by atomic mass is 10.3. The van der Waals surface area contributed by atoms with E-state index >= 15 is 0 Å². The molecule has 0 saturated carbocycles. The van der Waals surface area contributed by atoms with Gasteiger partial charge < -0.3 is 10.5 Å². The van der Waals surface area contributed by atoms with Crippen molar-refractivity contribution in [2.45, 2.75) is 20.0 Å². The summed E-state index contributed by atoms with van der Waals surface area (Å²) in [7, 11) is 0. The van der Waals surface area contributed by atoms with E-state index in [9.17, 15) is 9.18 Å². The molecule has 19 heavy (non-hydrogen) atoms. The second-order valence-electron chi connectivity index (χ2n) is 4.29. The largest absolute Gasteiger partial charge is 0.487 e. The number of carbonyl (C=O) groups is 1. The number of hydrogen-bond donors (Lipinski definition) is 1. The molecule has 0 unspecified atom stereocenters. The van der Waals surface area contributed by atoms with Crippen LogP contribution in [0, 0.1) is 5.82 Å². The molecule has 0 fully saturated rings. The smallest absolute Gasteiger partial charge is 0.273 e.